The summed E-state index contributed by atoms with van der Waals surface area (Å²) in [4.78, 5) is 17.4. The Balaban J connectivity index is 1.62. The van der Waals surface area contributed by atoms with Crippen LogP contribution in [0.2, 0.25) is 0 Å². The summed E-state index contributed by atoms with van der Waals surface area (Å²) < 4.78 is 13.7. The van der Waals surface area contributed by atoms with Crippen LogP contribution in [0.25, 0.3) is 0 Å². The van der Waals surface area contributed by atoms with Crippen molar-refractivity contribution in [3.05, 3.63) is 41.6 Å². The van der Waals surface area contributed by atoms with E-state index < -0.39 is 0 Å². The minimum absolute atomic E-state index is 0.239. The second kappa shape index (κ2) is 7.53. The first kappa shape index (κ1) is 16.6. The van der Waals surface area contributed by atoms with E-state index in [9.17, 15) is 4.39 Å². The van der Waals surface area contributed by atoms with Gasteiger partial charge in [0.2, 0.25) is 5.95 Å². The van der Waals surface area contributed by atoms with Crippen molar-refractivity contribution in [2.45, 2.75) is 20.4 Å². The lowest BCUT2D eigenvalue weighted by atomic mass is 10.2. The van der Waals surface area contributed by atoms with Gasteiger partial charge in [-0.1, -0.05) is 0 Å². The fourth-order valence-corrected chi connectivity index (χ4v) is 2.85. The standard InChI is InChI=1S/C17H23FN6/c1-3-20-16-10-13(2)21-17(22-16)24-8-6-23(7-9-24)12-14-4-5-19-11-15(14)18/h4-5,10-11H,3,6-9,12H2,1-2H3,(H,20,21,22). The average molecular weight is 330 g/mol. The summed E-state index contributed by atoms with van der Waals surface area (Å²) in [6, 6.07) is 3.70. The molecule has 1 fully saturated rings. The second-order valence-corrected chi connectivity index (χ2v) is 5.96. The van der Waals surface area contributed by atoms with Gasteiger partial charge in [-0.15, -0.1) is 0 Å². The predicted molar refractivity (Wildman–Crippen MR) is 92.6 cm³/mol. The maximum atomic E-state index is 13.7. The largest absolute Gasteiger partial charge is 0.370 e. The molecule has 0 radical (unpaired) electrons. The van der Waals surface area contributed by atoms with Crippen LogP contribution < -0.4 is 10.2 Å². The first-order chi connectivity index (χ1) is 11.7. The summed E-state index contributed by atoms with van der Waals surface area (Å²) in [6.45, 7) is 8.86. The highest BCUT2D eigenvalue weighted by molar-refractivity contribution is 5.43. The smallest absolute Gasteiger partial charge is 0.227 e. The molecule has 0 aliphatic carbocycles. The van der Waals surface area contributed by atoms with Gasteiger partial charge in [0.05, 0.1) is 6.20 Å². The van der Waals surface area contributed by atoms with E-state index in [1.165, 1.54) is 6.20 Å². The fraction of sp³-hybridized carbons (Fsp3) is 0.471. The number of hydrogen-bond donors (Lipinski definition) is 1. The maximum absolute atomic E-state index is 13.7. The lowest BCUT2D eigenvalue weighted by Crippen LogP contribution is -2.46. The van der Waals surface area contributed by atoms with Crippen LogP contribution in [0.1, 0.15) is 18.2 Å². The van der Waals surface area contributed by atoms with E-state index in [2.05, 4.69) is 30.1 Å². The number of anilines is 2. The number of rotatable bonds is 5. The Labute approximate surface area is 141 Å². The summed E-state index contributed by atoms with van der Waals surface area (Å²) in [6.07, 6.45) is 2.91. The molecule has 3 heterocycles. The van der Waals surface area contributed by atoms with Gasteiger partial charge in [-0.2, -0.15) is 4.98 Å². The van der Waals surface area contributed by atoms with Crippen LogP contribution in [0.3, 0.4) is 0 Å². The monoisotopic (exact) mass is 330 g/mol. The van der Waals surface area contributed by atoms with Gasteiger partial charge >= 0.3 is 0 Å². The zero-order chi connectivity index (χ0) is 16.9. The number of halogens is 1. The van der Waals surface area contributed by atoms with Crippen LogP contribution in [0.15, 0.2) is 24.5 Å². The molecule has 0 atom stereocenters. The number of aryl methyl sites for hydroxylation is 1. The van der Waals surface area contributed by atoms with E-state index in [1.54, 1.807) is 12.3 Å². The third-order valence-corrected chi connectivity index (χ3v) is 4.11. The summed E-state index contributed by atoms with van der Waals surface area (Å²) in [5, 5.41) is 3.24. The molecule has 1 aliphatic rings. The molecule has 2 aromatic rings. The Kier molecular flexibility index (Phi) is 5.20. The number of pyridine rings is 1. The van der Waals surface area contributed by atoms with Gasteiger partial charge in [-0.05, 0) is 19.9 Å². The van der Waals surface area contributed by atoms with Gasteiger partial charge in [0.15, 0.2) is 0 Å². The topological polar surface area (TPSA) is 57.2 Å². The van der Waals surface area contributed by atoms with Gasteiger partial charge < -0.3 is 10.2 Å². The molecule has 3 rings (SSSR count). The molecule has 0 saturated carbocycles. The zero-order valence-electron chi connectivity index (χ0n) is 14.2. The molecule has 0 aromatic carbocycles. The molecule has 7 heteroatoms. The summed E-state index contributed by atoms with van der Waals surface area (Å²) in [5.74, 6) is 1.39. The van der Waals surface area contributed by atoms with Crippen LogP contribution in [0.5, 0.6) is 0 Å². The third kappa shape index (κ3) is 3.97. The van der Waals surface area contributed by atoms with E-state index in [4.69, 9.17) is 0 Å². The molecule has 1 aliphatic heterocycles. The quantitative estimate of drug-likeness (QED) is 0.906. The number of nitrogens with one attached hydrogen (secondary N) is 1. The van der Waals surface area contributed by atoms with Crippen molar-refractivity contribution >= 4 is 11.8 Å². The lowest BCUT2D eigenvalue weighted by Gasteiger charge is -2.35. The molecule has 6 nitrogen and oxygen atoms in total. The fourth-order valence-electron chi connectivity index (χ4n) is 2.85. The number of aromatic nitrogens is 3. The molecule has 2 aromatic heterocycles. The van der Waals surface area contributed by atoms with Crippen LogP contribution in [0, 0.1) is 12.7 Å². The SMILES string of the molecule is CCNc1cc(C)nc(N2CCN(Cc3ccncc3F)CC2)n1. The van der Waals surface area contributed by atoms with E-state index in [0.717, 1.165) is 50.2 Å². The van der Waals surface area contributed by atoms with Crippen molar-refractivity contribution in [1.82, 2.24) is 19.9 Å². The van der Waals surface area contributed by atoms with Crippen LogP contribution in [-0.2, 0) is 6.54 Å². The normalized spacial score (nSPS) is 15.5. The molecule has 0 unspecified atom stereocenters. The summed E-state index contributed by atoms with van der Waals surface area (Å²) >= 11 is 0. The molecular formula is C17H23FN6. The Morgan fingerprint density at radius 3 is 2.71 bits per heavy atom. The molecular weight excluding hydrogens is 307 g/mol. The van der Waals surface area contributed by atoms with Crippen molar-refractivity contribution in [1.29, 1.82) is 0 Å². The molecule has 0 spiro atoms. The van der Waals surface area contributed by atoms with Gasteiger partial charge in [0.25, 0.3) is 0 Å². The van der Waals surface area contributed by atoms with Crippen molar-refractivity contribution in [3.8, 4) is 0 Å². The number of hydrogen-bond acceptors (Lipinski definition) is 6. The molecule has 0 bridgehead atoms. The highest BCUT2D eigenvalue weighted by atomic mass is 19.1. The zero-order valence-corrected chi connectivity index (χ0v) is 14.2. The highest BCUT2D eigenvalue weighted by Crippen LogP contribution is 2.17. The minimum atomic E-state index is -0.239. The van der Waals surface area contributed by atoms with E-state index in [-0.39, 0.29) is 5.82 Å². The molecule has 128 valence electrons. The summed E-state index contributed by atoms with van der Waals surface area (Å²) in [7, 11) is 0. The van der Waals surface area contributed by atoms with E-state index in [1.807, 2.05) is 19.9 Å². The minimum Gasteiger partial charge on any atom is -0.370 e. The van der Waals surface area contributed by atoms with Crippen molar-refractivity contribution in [3.63, 3.8) is 0 Å². The molecule has 0 amide bonds. The highest BCUT2D eigenvalue weighted by Gasteiger charge is 2.20. The summed E-state index contributed by atoms with van der Waals surface area (Å²) in [5.41, 5.74) is 1.65. The Bertz CT molecular complexity index is 685. The number of piperazine rings is 1. The van der Waals surface area contributed by atoms with Gasteiger partial charge in [-0.25, -0.2) is 9.37 Å². The Morgan fingerprint density at radius 2 is 2.00 bits per heavy atom. The Hall–Kier alpha value is -2.28. The second-order valence-electron chi connectivity index (χ2n) is 5.96. The van der Waals surface area contributed by atoms with Crippen LogP contribution in [0.4, 0.5) is 16.2 Å². The van der Waals surface area contributed by atoms with Gasteiger partial charge in [0.1, 0.15) is 11.6 Å². The van der Waals surface area contributed by atoms with Crippen LogP contribution >= 0.6 is 0 Å². The third-order valence-electron chi connectivity index (χ3n) is 4.11. The predicted octanol–water partition coefficient (Wildman–Crippen LogP) is 2.07. The average Bonchev–Trinajstić information content (AvgIpc) is 2.57. The van der Waals surface area contributed by atoms with Crippen molar-refractivity contribution < 1.29 is 4.39 Å². The first-order valence-electron chi connectivity index (χ1n) is 8.31. The van der Waals surface area contributed by atoms with Crippen molar-refractivity contribution in [2.24, 2.45) is 0 Å². The molecule has 24 heavy (non-hydrogen) atoms. The maximum Gasteiger partial charge on any atom is 0.227 e. The first-order valence-corrected chi connectivity index (χ1v) is 8.31. The van der Waals surface area contributed by atoms with E-state index in [0.29, 0.717) is 12.1 Å². The van der Waals surface area contributed by atoms with Gasteiger partial charge in [0, 0.05) is 62.8 Å². The number of nitrogens with zero attached hydrogens (tertiary/aromatic N) is 5. The van der Waals surface area contributed by atoms with E-state index >= 15 is 0 Å². The molecule has 1 saturated heterocycles. The van der Waals surface area contributed by atoms with Crippen LogP contribution in [-0.4, -0.2) is 52.6 Å². The van der Waals surface area contributed by atoms with Gasteiger partial charge in [-0.3, -0.25) is 9.88 Å². The molecule has 1 N–H and O–H groups in total. The Morgan fingerprint density at radius 1 is 1.21 bits per heavy atom. The van der Waals surface area contributed by atoms with Crippen molar-refractivity contribution in [2.75, 3.05) is 42.9 Å². The lowest BCUT2D eigenvalue weighted by molar-refractivity contribution is 0.245.